The van der Waals surface area contributed by atoms with E-state index in [-0.39, 0.29) is 12.8 Å². The molecule has 0 aliphatic carbocycles. The molecule has 214 valence electrons. The molecule has 1 aromatic heterocycles. The van der Waals surface area contributed by atoms with Crippen LogP contribution < -0.4 is 10.5 Å². The molecule has 9 heteroatoms. The summed E-state index contributed by atoms with van der Waals surface area (Å²) in [5.41, 5.74) is 12.4. The molecule has 4 aromatic carbocycles. The van der Waals surface area contributed by atoms with Crippen molar-refractivity contribution in [1.29, 1.82) is 0 Å². The first-order valence-corrected chi connectivity index (χ1v) is 14.9. The number of nitrogens with zero attached hydrogens (tertiary/aromatic N) is 2. The number of nitrogens with two attached hydrogens (primary N) is 1. The van der Waals surface area contributed by atoms with Gasteiger partial charge in [-0.3, -0.25) is 4.79 Å². The minimum absolute atomic E-state index is 0.0705. The highest BCUT2D eigenvalue weighted by atomic mass is 79.9. The van der Waals surface area contributed by atoms with Crippen LogP contribution in [0.4, 0.5) is 0 Å². The third kappa shape index (κ3) is 7.05. The molecule has 0 atom stereocenters. The fraction of sp³-hybridized carbons (Fsp3) is 0.152. The third-order valence-electron chi connectivity index (χ3n) is 6.76. The minimum atomic E-state index is -0.896. The fourth-order valence-electron chi connectivity index (χ4n) is 4.83. The van der Waals surface area contributed by atoms with E-state index < -0.39 is 5.97 Å². The van der Waals surface area contributed by atoms with Gasteiger partial charge in [-0.1, -0.05) is 75.5 Å². The number of ether oxygens (including phenoxy) is 1. The van der Waals surface area contributed by atoms with Crippen molar-refractivity contribution in [2.45, 2.75) is 25.9 Å². The van der Waals surface area contributed by atoms with E-state index >= 15 is 0 Å². The summed E-state index contributed by atoms with van der Waals surface area (Å²) < 4.78 is 9.12. The molecule has 0 fully saturated rings. The molecule has 0 unspecified atom stereocenters. The van der Waals surface area contributed by atoms with Crippen molar-refractivity contribution in [3.63, 3.8) is 0 Å². The van der Waals surface area contributed by atoms with Gasteiger partial charge in [0.15, 0.2) is 0 Å². The average molecular weight is 665 g/mol. The van der Waals surface area contributed by atoms with Gasteiger partial charge in [0.1, 0.15) is 18.1 Å². The summed E-state index contributed by atoms with van der Waals surface area (Å²) in [7, 11) is 0. The summed E-state index contributed by atoms with van der Waals surface area (Å²) in [5, 5.41) is 16.0. The number of carbonyl (C=O) groups is 1. The van der Waals surface area contributed by atoms with Crippen molar-refractivity contribution >= 4 is 45.1 Å². The average Bonchev–Trinajstić information content (AvgIpc) is 3.35. The Morgan fingerprint density at radius 3 is 2.33 bits per heavy atom. The van der Waals surface area contributed by atoms with Gasteiger partial charge < -0.3 is 15.6 Å². The molecule has 0 saturated carbocycles. The van der Waals surface area contributed by atoms with Crippen LogP contribution in [0.25, 0.3) is 28.2 Å². The molecule has 0 radical (unpaired) electrons. The molecule has 0 aliphatic rings. The first-order valence-electron chi connectivity index (χ1n) is 13.4. The molecular formula is C33H28BrCl2N3O3. The van der Waals surface area contributed by atoms with Crippen molar-refractivity contribution < 1.29 is 14.6 Å². The van der Waals surface area contributed by atoms with E-state index in [0.29, 0.717) is 41.1 Å². The van der Waals surface area contributed by atoms with Gasteiger partial charge in [-0.2, -0.15) is 5.10 Å². The monoisotopic (exact) mass is 663 g/mol. The van der Waals surface area contributed by atoms with E-state index in [1.807, 2.05) is 89.6 Å². The van der Waals surface area contributed by atoms with E-state index in [4.69, 9.17) is 38.8 Å². The highest BCUT2D eigenvalue weighted by Gasteiger charge is 2.25. The Bertz CT molecular complexity index is 1720. The molecule has 5 rings (SSSR count). The standard InChI is InChI=1S/C33H28BrCl2N3O3/c34-24-10-8-23(9-11-24)33-28(12-14-31(40)41)32(38-39(33)27-6-2-5-26(36)19-27)29-18-21(15-16-37)7-13-30(29)42-20-22-3-1-4-25(35)17-22/h1-11,13,17-19H,12,14-16,20,37H2,(H,40,41). The van der Waals surface area contributed by atoms with E-state index in [1.165, 1.54) is 0 Å². The second kappa shape index (κ2) is 13.6. The second-order valence-corrected chi connectivity index (χ2v) is 11.5. The summed E-state index contributed by atoms with van der Waals surface area (Å²) in [6, 6.07) is 28.8. The summed E-state index contributed by atoms with van der Waals surface area (Å²) >= 11 is 16.1. The maximum atomic E-state index is 11.8. The van der Waals surface area contributed by atoms with Gasteiger partial charge >= 0.3 is 5.97 Å². The van der Waals surface area contributed by atoms with E-state index in [1.54, 1.807) is 6.07 Å². The lowest BCUT2D eigenvalue weighted by atomic mass is 9.96. The van der Waals surface area contributed by atoms with Gasteiger partial charge in [-0.05, 0) is 85.1 Å². The Balaban J connectivity index is 1.73. The lowest BCUT2D eigenvalue weighted by molar-refractivity contribution is -0.136. The largest absolute Gasteiger partial charge is 0.488 e. The highest BCUT2D eigenvalue weighted by Crippen LogP contribution is 2.40. The predicted molar refractivity (Wildman–Crippen MR) is 172 cm³/mol. The van der Waals surface area contributed by atoms with Crippen LogP contribution in [-0.4, -0.2) is 27.4 Å². The van der Waals surface area contributed by atoms with Crippen LogP contribution in [-0.2, 0) is 24.2 Å². The maximum Gasteiger partial charge on any atom is 0.303 e. The molecule has 6 nitrogen and oxygen atoms in total. The summed E-state index contributed by atoms with van der Waals surface area (Å²) in [6.45, 7) is 0.776. The highest BCUT2D eigenvalue weighted by molar-refractivity contribution is 9.10. The van der Waals surface area contributed by atoms with Crippen LogP contribution in [0.1, 0.15) is 23.1 Å². The summed E-state index contributed by atoms with van der Waals surface area (Å²) in [6.07, 6.45) is 0.852. The third-order valence-corrected chi connectivity index (χ3v) is 7.76. The van der Waals surface area contributed by atoms with Gasteiger partial charge in [-0.25, -0.2) is 4.68 Å². The molecule has 0 amide bonds. The van der Waals surface area contributed by atoms with Gasteiger partial charge in [0.05, 0.1) is 11.4 Å². The zero-order chi connectivity index (χ0) is 29.6. The Kier molecular flexibility index (Phi) is 9.65. The number of hydrogen-bond donors (Lipinski definition) is 2. The molecule has 42 heavy (non-hydrogen) atoms. The lowest BCUT2D eigenvalue weighted by Crippen LogP contribution is -2.04. The van der Waals surface area contributed by atoms with Gasteiger partial charge in [0, 0.05) is 37.6 Å². The summed E-state index contributed by atoms with van der Waals surface area (Å²) in [4.78, 5) is 11.8. The normalized spacial score (nSPS) is 11.0. The maximum absolute atomic E-state index is 11.8. The Morgan fingerprint density at radius 2 is 1.64 bits per heavy atom. The number of hydrogen-bond acceptors (Lipinski definition) is 4. The van der Waals surface area contributed by atoms with E-state index in [9.17, 15) is 9.90 Å². The first kappa shape index (κ1) is 29.9. The van der Waals surface area contributed by atoms with Crippen LogP contribution in [0.2, 0.25) is 10.0 Å². The van der Waals surface area contributed by atoms with Crippen LogP contribution in [0.3, 0.4) is 0 Å². The van der Waals surface area contributed by atoms with Gasteiger partial charge in [0.25, 0.3) is 0 Å². The predicted octanol–water partition coefficient (Wildman–Crippen LogP) is 8.37. The quantitative estimate of drug-likeness (QED) is 0.148. The molecule has 0 saturated heterocycles. The van der Waals surface area contributed by atoms with E-state index in [0.717, 1.165) is 43.7 Å². The second-order valence-electron chi connectivity index (χ2n) is 9.76. The zero-order valence-corrected chi connectivity index (χ0v) is 25.7. The number of aromatic nitrogens is 2. The van der Waals surface area contributed by atoms with Gasteiger partial charge in [0.2, 0.25) is 0 Å². The lowest BCUT2D eigenvalue weighted by Gasteiger charge is -2.14. The number of benzene rings is 4. The van der Waals surface area contributed by atoms with Crippen molar-refractivity contribution in [2.75, 3.05) is 6.54 Å². The molecule has 5 aromatic rings. The van der Waals surface area contributed by atoms with Crippen molar-refractivity contribution in [1.82, 2.24) is 9.78 Å². The summed E-state index contributed by atoms with van der Waals surface area (Å²) in [5.74, 6) is -0.280. The van der Waals surface area contributed by atoms with Crippen LogP contribution >= 0.6 is 39.1 Å². The SMILES string of the molecule is NCCc1ccc(OCc2cccc(Cl)c2)c(-c2nn(-c3cccc(Cl)c3)c(-c3ccc(Br)cc3)c2CCC(=O)O)c1. The van der Waals surface area contributed by atoms with Crippen LogP contribution in [0.15, 0.2) is 95.5 Å². The van der Waals surface area contributed by atoms with Gasteiger partial charge in [-0.15, -0.1) is 0 Å². The molecule has 0 spiro atoms. The number of rotatable bonds is 11. The topological polar surface area (TPSA) is 90.4 Å². The molecule has 3 N–H and O–H groups in total. The number of carboxylic acids is 1. The zero-order valence-electron chi connectivity index (χ0n) is 22.6. The fourth-order valence-corrected chi connectivity index (χ4v) is 5.49. The van der Waals surface area contributed by atoms with Crippen molar-refractivity contribution in [3.8, 4) is 34.0 Å². The first-order chi connectivity index (χ1) is 20.3. The Hall–Kier alpha value is -3.62. The Labute approximate surface area is 262 Å². The number of halogens is 3. The van der Waals surface area contributed by atoms with Crippen molar-refractivity contribution in [3.05, 3.63) is 122 Å². The Morgan fingerprint density at radius 1 is 0.905 bits per heavy atom. The minimum Gasteiger partial charge on any atom is -0.488 e. The van der Waals surface area contributed by atoms with Crippen LogP contribution in [0.5, 0.6) is 5.75 Å². The molecular weight excluding hydrogens is 637 g/mol. The van der Waals surface area contributed by atoms with Crippen LogP contribution in [0, 0.1) is 0 Å². The molecule has 1 heterocycles. The molecule has 0 aliphatic heterocycles. The number of carboxylic acid groups (broad SMARTS) is 1. The molecule has 0 bridgehead atoms. The van der Waals surface area contributed by atoms with Crippen molar-refractivity contribution in [2.24, 2.45) is 5.73 Å². The number of aliphatic carboxylic acids is 1. The van der Waals surface area contributed by atoms with E-state index in [2.05, 4.69) is 15.9 Å². The smallest absolute Gasteiger partial charge is 0.303 e.